The Morgan fingerprint density at radius 2 is 1.15 bits per heavy atom. The van der Waals surface area contributed by atoms with E-state index in [1.807, 2.05) is 30.4 Å². The van der Waals surface area contributed by atoms with E-state index >= 15 is 0 Å². The van der Waals surface area contributed by atoms with Crippen LogP contribution >= 0.6 is 0 Å². The lowest BCUT2D eigenvalue weighted by atomic mass is 9.90. The summed E-state index contributed by atoms with van der Waals surface area (Å²) in [7, 11) is 0. The van der Waals surface area contributed by atoms with Gasteiger partial charge in [0.2, 0.25) is 0 Å². The zero-order valence-corrected chi connectivity index (χ0v) is 24.4. The number of ether oxygens (including phenoxy) is 3. The molecule has 7 aliphatic rings. The second kappa shape index (κ2) is 26.2. The van der Waals surface area contributed by atoms with Gasteiger partial charge in [0.05, 0.1) is 32.3 Å². The van der Waals surface area contributed by atoms with E-state index in [0.29, 0.717) is 0 Å². The van der Waals surface area contributed by atoms with Crippen molar-refractivity contribution in [1.82, 2.24) is 10.6 Å². The summed E-state index contributed by atoms with van der Waals surface area (Å²) < 4.78 is 14.7. The van der Waals surface area contributed by atoms with Crippen molar-refractivity contribution >= 4 is 0 Å². The first-order valence-electron chi connectivity index (χ1n) is 15.6. The van der Waals surface area contributed by atoms with Crippen molar-refractivity contribution < 1.29 is 14.2 Å². The molecule has 0 amide bonds. The van der Waals surface area contributed by atoms with Gasteiger partial charge < -0.3 is 24.8 Å². The van der Waals surface area contributed by atoms with Gasteiger partial charge in [-0.2, -0.15) is 0 Å². The molecule has 0 radical (unpaired) electrons. The van der Waals surface area contributed by atoms with Gasteiger partial charge in [0.15, 0.2) is 0 Å². The van der Waals surface area contributed by atoms with E-state index in [9.17, 15) is 0 Å². The van der Waals surface area contributed by atoms with Crippen molar-refractivity contribution in [3.05, 3.63) is 73.3 Å². The quantitative estimate of drug-likeness (QED) is 0.313. The number of rotatable bonds is 0. The molecule has 2 unspecified atom stereocenters. The number of piperidine rings is 1. The Morgan fingerprint density at radius 1 is 0.487 bits per heavy atom. The average Bonchev–Trinajstić information content (AvgIpc) is 3.56. The molecule has 0 aromatic heterocycles. The summed E-state index contributed by atoms with van der Waals surface area (Å²) in [6, 6.07) is 0. The first-order valence-corrected chi connectivity index (χ1v) is 15.6. The predicted molar refractivity (Wildman–Crippen MR) is 166 cm³/mol. The first kappa shape index (κ1) is 33.1. The highest BCUT2D eigenvalue weighted by Gasteiger charge is 2.28. The molecule has 0 bridgehead atoms. The van der Waals surface area contributed by atoms with Gasteiger partial charge >= 0.3 is 0 Å². The fraction of sp³-hybridized carbons (Fsp3) is 0.647. The summed E-state index contributed by atoms with van der Waals surface area (Å²) in [6.07, 6.45) is 40.3. The number of nitrogens with one attached hydrogen (secondary N) is 2. The fourth-order valence-corrected chi connectivity index (χ4v) is 4.78. The Labute approximate surface area is 239 Å². The van der Waals surface area contributed by atoms with Crippen LogP contribution in [0.4, 0.5) is 0 Å². The molecule has 7 rings (SSSR count). The number of hydrogen-bond donors (Lipinski definition) is 2. The molecule has 2 aliphatic carbocycles. The minimum Gasteiger partial charge on any atom is -0.502 e. The summed E-state index contributed by atoms with van der Waals surface area (Å²) in [5.74, 6) is 1.94. The Kier molecular flexibility index (Phi) is 22.2. The predicted octanol–water partition coefficient (Wildman–Crippen LogP) is 7.41. The molecule has 39 heavy (non-hydrogen) atoms. The molecule has 5 aliphatic heterocycles. The molecule has 2 N–H and O–H groups in total. The van der Waals surface area contributed by atoms with E-state index in [2.05, 4.69) is 41.0 Å². The van der Waals surface area contributed by atoms with Gasteiger partial charge in [-0.3, -0.25) is 0 Å². The molecule has 5 heterocycles. The van der Waals surface area contributed by atoms with Crippen LogP contribution in [0.5, 0.6) is 0 Å². The minimum absolute atomic E-state index is 0.733. The lowest BCUT2D eigenvalue weighted by Gasteiger charge is -2.24. The first-order chi connectivity index (χ1) is 19.5. The Bertz CT molecular complexity index is 598. The van der Waals surface area contributed by atoms with E-state index in [0.717, 1.165) is 44.7 Å². The number of allylic oxidation sites excluding steroid dienone is 7. The molecule has 2 saturated heterocycles. The zero-order valence-electron chi connectivity index (χ0n) is 24.4. The summed E-state index contributed by atoms with van der Waals surface area (Å²) in [5.41, 5.74) is 0. The highest BCUT2D eigenvalue weighted by Crippen LogP contribution is 2.21. The zero-order chi connectivity index (χ0) is 27.3. The fourth-order valence-electron chi connectivity index (χ4n) is 4.78. The monoisotopic (exact) mass is 540 g/mol. The van der Waals surface area contributed by atoms with Crippen LogP contribution in [0.25, 0.3) is 0 Å². The van der Waals surface area contributed by atoms with Crippen molar-refractivity contribution in [3.63, 3.8) is 0 Å². The maximum absolute atomic E-state index is 4.98. The SMILES string of the molecule is C1=CCCCC1.C1=CCCCC1.C1=CCOC=C1.C1=CCOCC1.C1=COCCC1.C1CC2CNCC2CN1. The molecule has 5 heteroatoms. The molecular formula is C34H56N2O3. The Hall–Kier alpha value is -2.08. The third kappa shape index (κ3) is 20.5. The van der Waals surface area contributed by atoms with Crippen molar-refractivity contribution in [2.75, 3.05) is 52.6 Å². The van der Waals surface area contributed by atoms with Gasteiger partial charge in [-0.05, 0) is 133 Å². The highest BCUT2D eigenvalue weighted by atomic mass is 16.5. The highest BCUT2D eigenvalue weighted by molar-refractivity contribution is 5.03. The van der Waals surface area contributed by atoms with E-state index in [1.54, 1.807) is 12.5 Å². The van der Waals surface area contributed by atoms with Crippen molar-refractivity contribution in [2.24, 2.45) is 11.8 Å². The second-order valence-electron chi connectivity index (χ2n) is 10.5. The average molecular weight is 541 g/mol. The molecular weight excluding hydrogens is 484 g/mol. The van der Waals surface area contributed by atoms with Gasteiger partial charge in [-0.15, -0.1) is 0 Å². The lowest BCUT2D eigenvalue weighted by Crippen LogP contribution is -2.35. The summed E-state index contributed by atoms with van der Waals surface area (Å²) >= 11 is 0. The number of hydrogen-bond acceptors (Lipinski definition) is 5. The second-order valence-corrected chi connectivity index (χ2v) is 10.5. The van der Waals surface area contributed by atoms with Crippen LogP contribution in [-0.2, 0) is 14.2 Å². The van der Waals surface area contributed by atoms with Gasteiger partial charge in [-0.1, -0.05) is 42.5 Å². The van der Waals surface area contributed by atoms with Crippen molar-refractivity contribution in [2.45, 2.75) is 77.0 Å². The van der Waals surface area contributed by atoms with Crippen LogP contribution < -0.4 is 10.6 Å². The summed E-state index contributed by atoms with van der Waals surface area (Å²) in [6.45, 7) is 8.38. The molecule has 0 saturated carbocycles. The molecule has 2 atom stereocenters. The maximum Gasteiger partial charge on any atom is 0.106 e. The molecule has 0 spiro atoms. The topological polar surface area (TPSA) is 51.8 Å². The molecule has 220 valence electrons. The van der Waals surface area contributed by atoms with E-state index in [-0.39, 0.29) is 0 Å². The molecule has 0 aromatic carbocycles. The Balaban J connectivity index is 0.000000166. The summed E-state index contributed by atoms with van der Waals surface area (Å²) in [4.78, 5) is 0. The van der Waals surface area contributed by atoms with Crippen LogP contribution in [0.15, 0.2) is 73.3 Å². The van der Waals surface area contributed by atoms with Crippen LogP contribution in [0.1, 0.15) is 77.0 Å². The largest absolute Gasteiger partial charge is 0.502 e. The van der Waals surface area contributed by atoms with E-state index in [1.165, 1.54) is 96.8 Å². The van der Waals surface area contributed by atoms with Gasteiger partial charge in [0, 0.05) is 0 Å². The molecule has 5 nitrogen and oxygen atoms in total. The van der Waals surface area contributed by atoms with E-state index in [4.69, 9.17) is 14.2 Å². The van der Waals surface area contributed by atoms with Crippen LogP contribution in [0, 0.1) is 11.8 Å². The summed E-state index contributed by atoms with van der Waals surface area (Å²) in [5, 5.41) is 6.84. The lowest BCUT2D eigenvalue weighted by molar-refractivity contribution is 0.158. The standard InChI is InChI=1S/C7H14N2.2C6H10.2C5H8O.C5H6O/c1-2-8-4-7-5-9-3-6(1)7;5*1-2-4-6-5-3-1/h6-9H,1-5H2;2*1-2H,3-6H2;2,4H,1,3,5H2;1-2H,3-5H2;1-4H,5H2. The Morgan fingerprint density at radius 3 is 1.46 bits per heavy atom. The van der Waals surface area contributed by atoms with Gasteiger partial charge in [-0.25, -0.2) is 0 Å². The number of fused-ring (bicyclic) bond motifs is 1. The van der Waals surface area contributed by atoms with Crippen molar-refractivity contribution in [1.29, 1.82) is 0 Å². The van der Waals surface area contributed by atoms with Gasteiger partial charge in [0.25, 0.3) is 0 Å². The minimum atomic E-state index is 0.733. The third-order valence-corrected chi connectivity index (χ3v) is 7.14. The van der Waals surface area contributed by atoms with Crippen molar-refractivity contribution in [3.8, 4) is 0 Å². The molecule has 0 aromatic rings. The van der Waals surface area contributed by atoms with Crippen LogP contribution in [0.2, 0.25) is 0 Å². The third-order valence-electron chi connectivity index (χ3n) is 7.14. The molecule has 2 fully saturated rings. The van der Waals surface area contributed by atoms with Crippen LogP contribution in [0.3, 0.4) is 0 Å². The van der Waals surface area contributed by atoms with Crippen LogP contribution in [-0.4, -0.2) is 52.6 Å². The van der Waals surface area contributed by atoms with Gasteiger partial charge in [0.1, 0.15) is 6.61 Å². The van der Waals surface area contributed by atoms with E-state index < -0.39 is 0 Å². The smallest absolute Gasteiger partial charge is 0.106 e. The normalized spacial score (nSPS) is 25.4. The maximum atomic E-state index is 4.98.